The highest BCUT2D eigenvalue weighted by Crippen LogP contribution is 2.46. The molecule has 0 saturated carbocycles. The van der Waals surface area contributed by atoms with Gasteiger partial charge in [0.1, 0.15) is 0 Å². The Morgan fingerprint density at radius 2 is 1.67 bits per heavy atom. The number of piperidine rings is 1. The number of primary amides is 1. The highest BCUT2D eigenvalue weighted by atomic mass is 19.4. The van der Waals surface area contributed by atoms with Gasteiger partial charge in [0.05, 0.1) is 28.6 Å². The third-order valence-corrected chi connectivity index (χ3v) is 9.11. The predicted octanol–water partition coefficient (Wildman–Crippen LogP) is 6.65. The minimum Gasteiger partial charge on any atom is -0.369 e. The lowest BCUT2D eigenvalue weighted by atomic mass is 9.78. The van der Waals surface area contributed by atoms with E-state index in [9.17, 15) is 35.9 Å². The largest absolute Gasteiger partial charge is 0.416 e. The Morgan fingerprint density at radius 1 is 1.02 bits per heavy atom. The number of amides is 3. The second-order valence-corrected chi connectivity index (χ2v) is 12.5. The van der Waals surface area contributed by atoms with Crippen LogP contribution in [-0.2, 0) is 17.1 Å². The number of hydrogen-bond donors (Lipinski definition) is 1. The molecule has 2 heterocycles. The smallest absolute Gasteiger partial charge is 0.369 e. The Kier molecular flexibility index (Phi) is 8.85. The van der Waals surface area contributed by atoms with Gasteiger partial charge >= 0.3 is 18.4 Å². The standard InChI is InChI=1S/C31H38F6N4O2/c1-18-8-6-7-9-22(18)26-24-16-40(17-29(3,4)27(38)42)15-20(24)12-13-41(26)28(43)39(5)19(2)23-11-10-21(30(32,33)34)14-25(23)31(35,36)37/h6-11,14,19-20,24,26H,12-13,15-17H2,1-5H3,(H2,38,42)/t19?,20?,24-,26+/m1/s1. The van der Waals surface area contributed by atoms with Crippen molar-refractivity contribution in [2.45, 2.75) is 58.6 Å². The summed E-state index contributed by atoms with van der Waals surface area (Å²) in [5.41, 5.74) is 3.50. The number of fused-ring (bicyclic) bond motifs is 1. The highest BCUT2D eigenvalue weighted by Gasteiger charge is 2.48. The zero-order valence-corrected chi connectivity index (χ0v) is 24.9. The number of nitrogens with zero attached hydrogens (tertiary/aromatic N) is 3. The molecule has 236 valence electrons. The molecular weight excluding hydrogens is 574 g/mol. The molecule has 6 nitrogen and oxygen atoms in total. The van der Waals surface area contributed by atoms with E-state index >= 15 is 0 Å². The molecule has 4 rings (SSSR count). The van der Waals surface area contributed by atoms with Crippen molar-refractivity contribution in [3.05, 3.63) is 70.3 Å². The molecule has 2 aliphatic rings. The van der Waals surface area contributed by atoms with E-state index in [1.54, 1.807) is 18.7 Å². The molecule has 2 aromatic rings. The van der Waals surface area contributed by atoms with Crippen LogP contribution in [0.15, 0.2) is 42.5 Å². The summed E-state index contributed by atoms with van der Waals surface area (Å²) in [6, 6.07) is 7.10. The number of alkyl halides is 6. The molecule has 4 atom stereocenters. The first kappa shape index (κ1) is 32.6. The fourth-order valence-corrected chi connectivity index (χ4v) is 6.54. The van der Waals surface area contributed by atoms with E-state index < -0.39 is 58.5 Å². The SMILES string of the molecule is Cc1ccccc1[C@H]1[C@@H]2CN(CC(C)(C)C(N)=O)CC2CCN1C(=O)N(C)C(C)c1ccc(C(F)(F)F)cc1C(F)(F)F. The zero-order chi connectivity index (χ0) is 32.1. The van der Waals surface area contributed by atoms with Crippen molar-refractivity contribution in [2.75, 3.05) is 33.2 Å². The molecule has 2 aromatic carbocycles. The van der Waals surface area contributed by atoms with Crippen molar-refractivity contribution in [1.29, 1.82) is 0 Å². The van der Waals surface area contributed by atoms with Gasteiger partial charge in [-0.15, -0.1) is 0 Å². The maximum atomic E-state index is 14.1. The van der Waals surface area contributed by atoms with Crippen LogP contribution in [0.1, 0.15) is 67.1 Å². The third-order valence-electron chi connectivity index (χ3n) is 9.11. The topological polar surface area (TPSA) is 69.9 Å². The van der Waals surface area contributed by atoms with Gasteiger partial charge in [0.25, 0.3) is 0 Å². The van der Waals surface area contributed by atoms with Crippen molar-refractivity contribution in [3.63, 3.8) is 0 Å². The average Bonchev–Trinajstić information content (AvgIpc) is 3.32. The van der Waals surface area contributed by atoms with Crippen LogP contribution in [0.2, 0.25) is 0 Å². The Labute approximate surface area is 247 Å². The normalized spacial score (nSPS) is 22.3. The van der Waals surface area contributed by atoms with Crippen LogP contribution < -0.4 is 5.73 Å². The molecule has 3 amide bonds. The van der Waals surface area contributed by atoms with E-state index in [2.05, 4.69) is 4.90 Å². The highest BCUT2D eigenvalue weighted by molar-refractivity contribution is 5.80. The molecule has 0 bridgehead atoms. The second kappa shape index (κ2) is 11.7. The lowest BCUT2D eigenvalue weighted by Gasteiger charge is -2.45. The Bertz CT molecular complexity index is 1360. The molecule has 0 spiro atoms. The molecule has 2 saturated heterocycles. The van der Waals surface area contributed by atoms with Crippen LogP contribution in [-0.4, -0.2) is 59.9 Å². The van der Waals surface area contributed by atoms with Gasteiger partial charge in [0, 0.05) is 39.1 Å². The van der Waals surface area contributed by atoms with E-state index in [0.29, 0.717) is 32.1 Å². The summed E-state index contributed by atoms with van der Waals surface area (Å²) in [6.07, 6.45) is -9.35. The minimum absolute atomic E-state index is 0.0111. The second-order valence-electron chi connectivity index (χ2n) is 12.5. The fraction of sp³-hybridized carbons (Fsp3) is 0.548. The van der Waals surface area contributed by atoms with Crippen LogP contribution in [0.5, 0.6) is 0 Å². The monoisotopic (exact) mass is 612 g/mol. The molecule has 43 heavy (non-hydrogen) atoms. The Morgan fingerprint density at radius 3 is 2.26 bits per heavy atom. The number of carbonyl (C=O) groups is 2. The van der Waals surface area contributed by atoms with Gasteiger partial charge in [0.2, 0.25) is 5.91 Å². The van der Waals surface area contributed by atoms with E-state index in [1.165, 1.54) is 18.9 Å². The first-order chi connectivity index (χ1) is 19.8. The fourth-order valence-electron chi connectivity index (χ4n) is 6.54. The molecule has 2 unspecified atom stereocenters. The lowest BCUT2D eigenvalue weighted by Crippen LogP contribution is -2.51. The molecule has 0 radical (unpaired) electrons. The quantitative estimate of drug-likeness (QED) is 0.372. The van der Waals surface area contributed by atoms with Crippen molar-refractivity contribution in [1.82, 2.24) is 14.7 Å². The molecule has 2 fully saturated rings. The van der Waals surface area contributed by atoms with Crippen molar-refractivity contribution >= 4 is 11.9 Å². The molecule has 2 aliphatic heterocycles. The summed E-state index contributed by atoms with van der Waals surface area (Å²) in [4.78, 5) is 31.2. The van der Waals surface area contributed by atoms with Crippen LogP contribution in [0.4, 0.5) is 31.1 Å². The van der Waals surface area contributed by atoms with E-state index in [-0.39, 0.29) is 17.9 Å². The summed E-state index contributed by atoms with van der Waals surface area (Å²) in [6.45, 7) is 9.02. The van der Waals surface area contributed by atoms with Crippen LogP contribution in [0.25, 0.3) is 0 Å². The number of aryl methyl sites for hydroxylation is 1. The number of hydrogen-bond acceptors (Lipinski definition) is 3. The maximum Gasteiger partial charge on any atom is 0.416 e. The van der Waals surface area contributed by atoms with Crippen molar-refractivity contribution < 1.29 is 35.9 Å². The third kappa shape index (κ3) is 6.63. The van der Waals surface area contributed by atoms with Gasteiger partial charge in [-0.2, -0.15) is 26.3 Å². The van der Waals surface area contributed by atoms with E-state index in [0.717, 1.165) is 23.7 Å². The lowest BCUT2D eigenvalue weighted by molar-refractivity contribution is -0.143. The number of likely N-dealkylation sites (tertiary alicyclic amines) is 2. The van der Waals surface area contributed by atoms with Gasteiger partial charge in [-0.25, -0.2) is 4.79 Å². The Hall–Kier alpha value is -3.28. The van der Waals surface area contributed by atoms with Crippen LogP contribution >= 0.6 is 0 Å². The van der Waals surface area contributed by atoms with Crippen molar-refractivity contribution in [2.24, 2.45) is 23.0 Å². The summed E-state index contributed by atoms with van der Waals surface area (Å²) in [7, 11) is 1.38. The number of nitrogens with two attached hydrogens (primary N) is 1. The number of halogens is 6. The molecule has 0 aliphatic carbocycles. The van der Waals surface area contributed by atoms with E-state index in [4.69, 9.17) is 5.73 Å². The van der Waals surface area contributed by atoms with Gasteiger partial charge in [-0.1, -0.05) is 30.3 Å². The molecule has 2 N–H and O–H groups in total. The average molecular weight is 613 g/mol. The van der Waals surface area contributed by atoms with Gasteiger partial charge in [0.15, 0.2) is 0 Å². The molecule has 0 aromatic heterocycles. The van der Waals surface area contributed by atoms with Gasteiger partial charge in [-0.3, -0.25) is 4.79 Å². The summed E-state index contributed by atoms with van der Waals surface area (Å²) in [5, 5.41) is 0. The summed E-state index contributed by atoms with van der Waals surface area (Å²) in [5.74, 6) is -0.207. The predicted molar refractivity (Wildman–Crippen MR) is 150 cm³/mol. The first-order valence-electron chi connectivity index (χ1n) is 14.2. The minimum atomic E-state index is -5.05. The summed E-state index contributed by atoms with van der Waals surface area (Å²) >= 11 is 0. The molecular formula is C31H38F6N4O2. The van der Waals surface area contributed by atoms with Crippen LogP contribution in [0.3, 0.4) is 0 Å². The number of urea groups is 1. The van der Waals surface area contributed by atoms with E-state index in [1.807, 2.05) is 31.2 Å². The number of benzene rings is 2. The number of rotatable bonds is 6. The van der Waals surface area contributed by atoms with Crippen molar-refractivity contribution in [3.8, 4) is 0 Å². The van der Waals surface area contributed by atoms with Crippen LogP contribution in [0, 0.1) is 24.2 Å². The first-order valence-corrected chi connectivity index (χ1v) is 14.2. The summed E-state index contributed by atoms with van der Waals surface area (Å²) < 4.78 is 81.6. The Balaban J connectivity index is 1.67. The van der Waals surface area contributed by atoms with Gasteiger partial charge in [-0.05, 0) is 68.9 Å². The van der Waals surface area contributed by atoms with Gasteiger partial charge < -0.3 is 20.4 Å². The number of carbonyl (C=O) groups excluding carboxylic acids is 2. The zero-order valence-electron chi connectivity index (χ0n) is 24.9. The molecule has 12 heteroatoms. The maximum absolute atomic E-state index is 14.1.